The van der Waals surface area contributed by atoms with E-state index in [-0.39, 0.29) is 11.4 Å². The van der Waals surface area contributed by atoms with Crippen molar-refractivity contribution < 1.29 is 4.79 Å². The van der Waals surface area contributed by atoms with E-state index in [2.05, 4.69) is 5.32 Å². The van der Waals surface area contributed by atoms with Crippen LogP contribution >= 0.6 is 11.6 Å². The highest BCUT2D eigenvalue weighted by Gasteiger charge is 2.52. The molecule has 2 nitrogen and oxygen atoms in total. The van der Waals surface area contributed by atoms with Crippen LogP contribution in [0.1, 0.15) is 51.4 Å². The summed E-state index contributed by atoms with van der Waals surface area (Å²) < 4.78 is 0. The van der Waals surface area contributed by atoms with Crippen molar-refractivity contribution in [1.29, 1.82) is 0 Å². The normalized spacial score (nSPS) is 43.5. The number of amides is 1. The molecule has 1 amide bonds. The van der Waals surface area contributed by atoms with Crippen LogP contribution in [0.5, 0.6) is 0 Å². The summed E-state index contributed by atoms with van der Waals surface area (Å²) in [6.07, 6.45) is 9.73. The van der Waals surface area contributed by atoms with E-state index in [1.165, 1.54) is 44.9 Å². The van der Waals surface area contributed by atoms with Crippen LogP contribution in [0, 0.1) is 17.8 Å². The zero-order valence-electron chi connectivity index (χ0n) is 10.4. The van der Waals surface area contributed by atoms with Gasteiger partial charge in [0.2, 0.25) is 5.91 Å². The molecular formula is C14H22ClNO. The molecule has 17 heavy (non-hydrogen) atoms. The van der Waals surface area contributed by atoms with Gasteiger partial charge in [-0.3, -0.25) is 4.79 Å². The number of fused-ring (bicyclic) bond motifs is 6. The maximum absolute atomic E-state index is 11.9. The molecule has 96 valence electrons. The Labute approximate surface area is 108 Å². The monoisotopic (exact) mass is 255 g/mol. The summed E-state index contributed by atoms with van der Waals surface area (Å²) in [5.41, 5.74) is 0.152. The third-order valence-electron chi connectivity index (χ3n) is 5.46. The molecule has 3 fully saturated rings. The average molecular weight is 256 g/mol. The Morgan fingerprint density at radius 2 is 2.18 bits per heavy atom. The molecule has 3 heteroatoms. The standard InChI is InChI=1S/C14H22ClNO/c15-7-5-13(17)16-14-6-1-2-11(9-14)10-3-4-12(14)8-10/h10-12H,1-9H2,(H,16,17). The van der Waals surface area contributed by atoms with Crippen molar-refractivity contribution in [3.05, 3.63) is 0 Å². The highest BCUT2D eigenvalue weighted by Crippen LogP contribution is 2.56. The number of rotatable bonds is 3. The number of hydrogen-bond acceptors (Lipinski definition) is 1. The smallest absolute Gasteiger partial charge is 0.221 e. The Morgan fingerprint density at radius 3 is 3.00 bits per heavy atom. The van der Waals surface area contributed by atoms with E-state index in [0.29, 0.717) is 12.3 Å². The molecular weight excluding hydrogens is 234 g/mol. The van der Waals surface area contributed by atoms with E-state index in [9.17, 15) is 4.79 Å². The van der Waals surface area contributed by atoms with Gasteiger partial charge in [0.1, 0.15) is 0 Å². The van der Waals surface area contributed by atoms with E-state index in [4.69, 9.17) is 11.6 Å². The first-order chi connectivity index (χ1) is 8.23. The minimum Gasteiger partial charge on any atom is -0.350 e. The van der Waals surface area contributed by atoms with E-state index in [0.717, 1.165) is 17.8 Å². The molecule has 0 aromatic carbocycles. The van der Waals surface area contributed by atoms with Crippen molar-refractivity contribution in [1.82, 2.24) is 5.32 Å². The Kier molecular flexibility index (Phi) is 3.10. The lowest BCUT2D eigenvalue weighted by Gasteiger charge is -2.50. The van der Waals surface area contributed by atoms with Gasteiger partial charge in [0, 0.05) is 17.8 Å². The molecule has 4 unspecified atom stereocenters. The molecule has 3 aliphatic carbocycles. The molecule has 0 heterocycles. The van der Waals surface area contributed by atoms with Crippen molar-refractivity contribution in [3.8, 4) is 0 Å². The SMILES string of the molecule is O=C(CCCl)NC12CCCC(C1)C1CCC2C1. The van der Waals surface area contributed by atoms with E-state index >= 15 is 0 Å². The third-order valence-corrected chi connectivity index (χ3v) is 5.64. The van der Waals surface area contributed by atoms with E-state index in [1.807, 2.05) is 0 Å². The largest absolute Gasteiger partial charge is 0.350 e. The van der Waals surface area contributed by atoms with Crippen molar-refractivity contribution in [2.75, 3.05) is 5.88 Å². The first-order valence-electron chi connectivity index (χ1n) is 7.10. The summed E-state index contributed by atoms with van der Waals surface area (Å²) >= 11 is 5.66. The molecule has 0 aromatic rings. The van der Waals surface area contributed by atoms with Crippen molar-refractivity contribution in [2.45, 2.75) is 56.9 Å². The zero-order valence-corrected chi connectivity index (χ0v) is 11.1. The van der Waals surface area contributed by atoms with Crippen LogP contribution in [0.25, 0.3) is 0 Å². The highest BCUT2D eigenvalue weighted by molar-refractivity contribution is 6.18. The van der Waals surface area contributed by atoms with Crippen molar-refractivity contribution >= 4 is 17.5 Å². The molecule has 0 spiro atoms. The van der Waals surface area contributed by atoms with Crippen LogP contribution < -0.4 is 5.32 Å². The lowest BCUT2D eigenvalue weighted by molar-refractivity contribution is -0.125. The van der Waals surface area contributed by atoms with Crippen LogP contribution in [0.15, 0.2) is 0 Å². The second kappa shape index (κ2) is 4.46. The molecule has 0 aromatic heterocycles. The van der Waals surface area contributed by atoms with Gasteiger partial charge < -0.3 is 5.32 Å². The van der Waals surface area contributed by atoms with Gasteiger partial charge in [-0.25, -0.2) is 0 Å². The molecule has 0 saturated heterocycles. The van der Waals surface area contributed by atoms with Gasteiger partial charge in [-0.1, -0.05) is 12.8 Å². The average Bonchev–Trinajstić information content (AvgIpc) is 2.75. The van der Waals surface area contributed by atoms with Gasteiger partial charge in [-0.15, -0.1) is 11.6 Å². The summed E-state index contributed by atoms with van der Waals surface area (Å²) in [6, 6.07) is 0. The number of carbonyl (C=O) groups is 1. The maximum Gasteiger partial charge on any atom is 0.221 e. The minimum atomic E-state index is 0.152. The van der Waals surface area contributed by atoms with Gasteiger partial charge in [0.05, 0.1) is 0 Å². The zero-order chi connectivity index (χ0) is 11.9. The predicted octanol–water partition coefficient (Wildman–Crippen LogP) is 3.09. The van der Waals surface area contributed by atoms with Gasteiger partial charge in [-0.2, -0.15) is 0 Å². The summed E-state index contributed by atoms with van der Waals surface area (Å²) in [5.74, 6) is 3.23. The number of halogens is 1. The Balaban J connectivity index is 1.77. The third kappa shape index (κ3) is 1.99. The lowest BCUT2D eigenvalue weighted by atomic mass is 9.61. The van der Waals surface area contributed by atoms with Gasteiger partial charge in [0.15, 0.2) is 0 Å². The van der Waals surface area contributed by atoms with Crippen LogP contribution in [-0.4, -0.2) is 17.3 Å². The predicted molar refractivity (Wildman–Crippen MR) is 69.0 cm³/mol. The van der Waals surface area contributed by atoms with Crippen molar-refractivity contribution in [2.24, 2.45) is 17.8 Å². The number of hydrogen-bond donors (Lipinski definition) is 1. The van der Waals surface area contributed by atoms with Crippen LogP contribution in [-0.2, 0) is 4.79 Å². The Morgan fingerprint density at radius 1 is 1.29 bits per heavy atom. The molecule has 4 atom stereocenters. The Bertz CT molecular complexity index is 319. The summed E-state index contributed by atoms with van der Waals surface area (Å²) in [7, 11) is 0. The molecule has 1 N–H and O–H groups in total. The summed E-state index contributed by atoms with van der Waals surface area (Å²) in [5, 5.41) is 3.37. The summed E-state index contributed by atoms with van der Waals surface area (Å²) in [6.45, 7) is 0. The highest BCUT2D eigenvalue weighted by atomic mass is 35.5. The first-order valence-corrected chi connectivity index (χ1v) is 7.64. The van der Waals surface area contributed by atoms with Crippen LogP contribution in [0.3, 0.4) is 0 Å². The molecule has 3 rings (SSSR count). The molecule has 3 aliphatic rings. The first kappa shape index (κ1) is 11.8. The van der Waals surface area contributed by atoms with Gasteiger partial charge >= 0.3 is 0 Å². The Hall–Kier alpha value is -0.240. The van der Waals surface area contributed by atoms with E-state index in [1.54, 1.807) is 0 Å². The second-order valence-electron chi connectivity index (χ2n) is 6.27. The second-order valence-corrected chi connectivity index (χ2v) is 6.65. The lowest BCUT2D eigenvalue weighted by Crippen LogP contribution is -2.58. The van der Waals surface area contributed by atoms with E-state index < -0.39 is 0 Å². The van der Waals surface area contributed by atoms with Gasteiger partial charge in [-0.05, 0) is 49.9 Å². The maximum atomic E-state index is 11.9. The molecule has 4 bridgehead atoms. The number of carbonyl (C=O) groups excluding carboxylic acids is 1. The summed E-state index contributed by atoms with van der Waals surface area (Å²) in [4.78, 5) is 11.9. The number of alkyl halides is 1. The fourth-order valence-corrected chi connectivity index (χ4v) is 4.88. The molecule has 0 radical (unpaired) electrons. The topological polar surface area (TPSA) is 29.1 Å². The molecule has 3 saturated carbocycles. The van der Waals surface area contributed by atoms with Gasteiger partial charge in [0.25, 0.3) is 0 Å². The minimum absolute atomic E-state index is 0.152. The molecule has 0 aliphatic heterocycles. The fraction of sp³-hybridized carbons (Fsp3) is 0.929. The van der Waals surface area contributed by atoms with Crippen LogP contribution in [0.4, 0.5) is 0 Å². The number of nitrogens with one attached hydrogen (secondary N) is 1. The van der Waals surface area contributed by atoms with Crippen LogP contribution in [0.2, 0.25) is 0 Å². The van der Waals surface area contributed by atoms with Crippen molar-refractivity contribution in [3.63, 3.8) is 0 Å². The quantitative estimate of drug-likeness (QED) is 0.772. The fourth-order valence-electron chi connectivity index (χ4n) is 4.71.